The highest BCUT2D eigenvalue weighted by molar-refractivity contribution is 5.70. The summed E-state index contributed by atoms with van der Waals surface area (Å²) in [7, 11) is 0. The molecule has 0 radical (unpaired) electrons. The van der Waals surface area contributed by atoms with E-state index in [0.29, 0.717) is 15.9 Å². The third-order valence-electron chi connectivity index (χ3n) is 2.58. The van der Waals surface area contributed by atoms with E-state index in [4.69, 9.17) is 9.84 Å². The fourth-order valence-corrected chi connectivity index (χ4v) is 1.70. The summed E-state index contributed by atoms with van der Waals surface area (Å²) in [5, 5.41) is 8.70. The first-order chi connectivity index (χ1) is 9.56. The smallest absolute Gasteiger partial charge is 0.320 e. The van der Waals surface area contributed by atoms with Crippen molar-refractivity contribution >= 4 is 5.97 Å². The van der Waals surface area contributed by atoms with E-state index in [2.05, 4.69) is 4.98 Å². The Morgan fingerprint density at radius 3 is 2.95 bits per heavy atom. The van der Waals surface area contributed by atoms with Crippen LogP contribution in [0, 0.1) is 0 Å². The van der Waals surface area contributed by atoms with Crippen LogP contribution in [0.4, 0.5) is 8.78 Å². The average molecular weight is 282 g/mol. The van der Waals surface area contributed by atoms with Crippen LogP contribution in [0.5, 0.6) is 5.75 Å². The van der Waals surface area contributed by atoms with Crippen molar-refractivity contribution in [2.45, 2.75) is 19.6 Å². The second kappa shape index (κ2) is 6.14. The van der Waals surface area contributed by atoms with E-state index in [1.807, 2.05) is 0 Å². The molecule has 106 valence electrons. The van der Waals surface area contributed by atoms with E-state index in [-0.39, 0.29) is 18.9 Å². The number of carboxylic acids is 1. The molecule has 0 atom stereocenters. The zero-order chi connectivity index (χ0) is 14.5. The van der Waals surface area contributed by atoms with Gasteiger partial charge in [0, 0.05) is 12.4 Å². The Morgan fingerprint density at radius 1 is 1.45 bits per heavy atom. The third-order valence-corrected chi connectivity index (χ3v) is 2.58. The van der Waals surface area contributed by atoms with Crippen LogP contribution in [0.2, 0.25) is 0 Å². The van der Waals surface area contributed by atoms with Crippen molar-refractivity contribution in [3.63, 3.8) is 0 Å². The number of imidazole rings is 1. The molecule has 0 amide bonds. The minimum absolute atomic E-state index is 0.101. The first-order valence-electron chi connectivity index (χ1n) is 5.79. The molecule has 1 aromatic carbocycles. The fraction of sp³-hybridized carbons (Fsp3) is 0.231. The van der Waals surface area contributed by atoms with Gasteiger partial charge in [-0.05, 0) is 17.7 Å². The van der Waals surface area contributed by atoms with Crippen molar-refractivity contribution in [1.82, 2.24) is 9.55 Å². The Morgan fingerprint density at radius 2 is 2.25 bits per heavy atom. The molecule has 1 heterocycles. The van der Waals surface area contributed by atoms with Crippen LogP contribution in [0.3, 0.4) is 0 Å². The second-order valence-corrected chi connectivity index (χ2v) is 4.03. The summed E-state index contributed by atoms with van der Waals surface area (Å²) in [6, 6.07) is 6.49. The molecular weight excluding hydrogens is 270 g/mol. The number of hydrogen-bond acceptors (Lipinski definition) is 3. The van der Waals surface area contributed by atoms with Crippen molar-refractivity contribution in [2.75, 3.05) is 0 Å². The van der Waals surface area contributed by atoms with Crippen molar-refractivity contribution in [3.8, 4) is 5.75 Å². The van der Waals surface area contributed by atoms with E-state index in [1.54, 1.807) is 24.3 Å². The van der Waals surface area contributed by atoms with Gasteiger partial charge < -0.3 is 9.84 Å². The molecule has 7 heteroatoms. The Hall–Kier alpha value is -2.44. The number of ether oxygens (including phenoxy) is 1. The normalized spacial score (nSPS) is 10.8. The minimum atomic E-state index is -2.67. The van der Waals surface area contributed by atoms with E-state index in [1.165, 1.54) is 12.4 Å². The molecule has 0 fully saturated rings. The lowest BCUT2D eigenvalue weighted by Crippen LogP contribution is -2.07. The summed E-state index contributed by atoms with van der Waals surface area (Å²) in [4.78, 5) is 14.4. The number of benzene rings is 1. The van der Waals surface area contributed by atoms with Gasteiger partial charge in [0.05, 0.1) is 6.42 Å². The van der Waals surface area contributed by atoms with Gasteiger partial charge in [-0.3, -0.25) is 9.36 Å². The highest BCUT2D eigenvalue weighted by atomic mass is 19.3. The lowest BCUT2D eigenvalue weighted by atomic mass is 10.1. The predicted octanol–water partition coefficient (Wildman–Crippen LogP) is 2.48. The summed E-state index contributed by atoms with van der Waals surface area (Å²) in [5.41, 5.74) is 0.576. The van der Waals surface area contributed by atoms with E-state index in [9.17, 15) is 13.6 Å². The topological polar surface area (TPSA) is 64.3 Å². The Kier molecular flexibility index (Phi) is 4.29. The first kappa shape index (κ1) is 14.0. The molecule has 2 aromatic rings. The molecule has 2 rings (SSSR count). The number of aromatic nitrogens is 2. The quantitative estimate of drug-likeness (QED) is 0.884. The predicted molar refractivity (Wildman–Crippen MR) is 65.6 cm³/mol. The van der Waals surface area contributed by atoms with Gasteiger partial charge in [0.2, 0.25) is 0 Å². The van der Waals surface area contributed by atoms with Crippen LogP contribution in [0.1, 0.15) is 17.9 Å². The summed E-state index contributed by atoms with van der Waals surface area (Å²) < 4.78 is 31.3. The number of hydrogen-bond donors (Lipinski definition) is 1. The van der Waals surface area contributed by atoms with E-state index >= 15 is 0 Å². The zero-order valence-corrected chi connectivity index (χ0v) is 10.4. The lowest BCUT2D eigenvalue weighted by molar-refractivity contribution is -0.136. The Balaban J connectivity index is 2.03. The van der Waals surface area contributed by atoms with Gasteiger partial charge in [0.25, 0.3) is 0 Å². The number of carboxylic acid groups (broad SMARTS) is 1. The van der Waals surface area contributed by atoms with Gasteiger partial charge in [-0.25, -0.2) is 4.98 Å². The van der Waals surface area contributed by atoms with Gasteiger partial charge in [0.1, 0.15) is 12.4 Å². The van der Waals surface area contributed by atoms with Gasteiger partial charge in [0.15, 0.2) is 5.82 Å². The van der Waals surface area contributed by atoms with Crippen LogP contribution < -0.4 is 4.74 Å². The van der Waals surface area contributed by atoms with Gasteiger partial charge in [-0.2, -0.15) is 8.78 Å². The monoisotopic (exact) mass is 282 g/mol. The molecule has 0 unspecified atom stereocenters. The Labute approximate surface area is 113 Å². The minimum Gasteiger partial charge on any atom is -0.486 e. The molecule has 0 aliphatic carbocycles. The maximum atomic E-state index is 12.6. The van der Waals surface area contributed by atoms with Gasteiger partial charge in [-0.1, -0.05) is 12.1 Å². The van der Waals surface area contributed by atoms with Crippen molar-refractivity contribution in [1.29, 1.82) is 0 Å². The van der Waals surface area contributed by atoms with E-state index < -0.39 is 12.5 Å². The molecule has 0 aliphatic heterocycles. The summed E-state index contributed by atoms with van der Waals surface area (Å²) in [5.74, 6) is -0.438. The van der Waals surface area contributed by atoms with Crippen molar-refractivity contribution in [2.24, 2.45) is 0 Å². The highest BCUT2D eigenvalue weighted by Crippen LogP contribution is 2.17. The molecule has 1 aromatic heterocycles. The molecule has 0 bridgehead atoms. The number of nitrogens with zero attached hydrogens (tertiary/aromatic N) is 2. The molecule has 0 aliphatic rings. The molecule has 0 saturated carbocycles. The zero-order valence-electron chi connectivity index (χ0n) is 10.4. The van der Waals surface area contributed by atoms with Crippen molar-refractivity contribution < 1.29 is 23.4 Å². The van der Waals surface area contributed by atoms with Crippen LogP contribution in [-0.4, -0.2) is 20.6 Å². The lowest BCUT2D eigenvalue weighted by Gasteiger charge is -2.09. The molecular formula is C13H12F2N2O3. The van der Waals surface area contributed by atoms with Gasteiger partial charge >= 0.3 is 12.5 Å². The number of alkyl halides is 2. The third kappa shape index (κ3) is 3.53. The second-order valence-electron chi connectivity index (χ2n) is 4.03. The summed E-state index contributed by atoms with van der Waals surface area (Å²) in [6.45, 7) is -2.79. The maximum Gasteiger partial charge on any atom is 0.320 e. The average Bonchev–Trinajstić information content (AvgIpc) is 2.84. The molecule has 1 N–H and O–H groups in total. The number of aliphatic carboxylic acids is 1. The SMILES string of the molecule is O=C(O)Cc1cccc(OCc2nccn2C(F)F)c1. The number of carbonyl (C=O) groups is 1. The summed E-state index contributed by atoms with van der Waals surface area (Å²) >= 11 is 0. The van der Waals surface area contributed by atoms with Crippen LogP contribution in [0.15, 0.2) is 36.7 Å². The molecule has 0 spiro atoms. The number of halogens is 2. The fourth-order valence-electron chi connectivity index (χ4n) is 1.70. The first-order valence-corrected chi connectivity index (χ1v) is 5.79. The van der Waals surface area contributed by atoms with Crippen LogP contribution in [-0.2, 0) is 17.8 Å². The van der Waals surface area contributed by atoms with Crippen LogP contribution >= 0.6 is 0 Å². The van der Waals surface area contributed by atoms with E-state index in [0.717, 1.165) is 0 Å². The van der Waals surface area contributed by atoms with Gasteiger partial charge in [-0.15, -0.1) is 0 Å². The summed E-state index contributed by atoms with van der Waals surface area (Å²) in [6.07, 6.45) is 2.32. The Bertz CT molecular complexity index is 599. The molecule has 0 saturated heterocycles. The maximum absolute atomic E-state index is 12.6. The highest BCUT2D eigenvalue weighted by Gasteiger charge is 2.11. The standard InChI is InChI=1S/C13H12F2N2O3/c14-13(15)17-5-4-16-11(17)8-20-10-3-1-2-9(6-10)7-12(18)19/h1-6,13H,7-8H2,(H,18,19). The van der Waals surface area contributed by atoms with Crippen molar-refractivity contribution in [3.05, 3.63) is 48.0 Å². The molecule has 5 nitrogen and oxygen atoms in total. The number of rotatable bonds is 6. The van der Waals surface area contributed by atoms with Crippen LogP contribution in [0.25, 0.3) is 0 Å². The largest absolute Gasteiger partial charge is 0.486 e. The molecule has 20 heavy (non-hydrogen) atoms.